The minimum Gasteiger partial charge on any atom is -0.479 e. The van der Waals surface area contributed by atoms with Crippen LogP contribution in [0.5, 0.6) is 5.75 Å². The Hall–Kier alpha value is -2.04. The van der Waals surface area contributed by atoms with Gasteiger partial charge in [-0.3, -0.25) is 9.59 Å². The van der Waals surface area contributed by atoms with Crippen LogP contribution >= 0.6 is 0 Å². The van der Waals surface area contributed by atoms with E-state index >= 15 is 0 Å². The van der Waals surface area contributed by atoms with Crippen LogP contribution in [0.2, 0.25) is 0 Å². The van der Waals surface area contributed by atoms with Gasteiger partial charge in [-0.25, -0.2) is 0 Å². The molecule has 1 aliphatic heterocycles. The second kappa shape index (κ2) is 6.38. The average Bonchev–Trinajstić information content (AvgIpc) is 3.03. The fourth-order valence-corrected chi connectivity index (χ4v) is 3.07. The van der Waals surface area contributed by atoms with E-state index in [9.17, 15) is 9.59 Å². The van der Waals surface area contributed by atoms with Crippen molar-refractivity contribution in [1.29, 1.82) is 0 Å². The third kappa shape index (κ3) is 3.24. The number of benzene rings is 1. The Balaban J connectivity index is 1.54. The summed E-state index contributed by atoms with van der Waals surface area (Å²) in [6.45, 7) is 2.35. The molecule has 2 aliphatic rings. The highest BCUT2D eigenvalue weighted by molar-refractivity contribution is 5.97. The Bertz CT molecular complexity index is 579. The maximum absolute atomic E-state index is 12.0. The molecule has 2 N–H and O–H groups in total. The number of ether oxygens (including phenoxy) is 1. The highest BCUT2D eigenvalue weighted by Gasteiger charge is 2.24. The molecule has 0 spiro atoms. The fourth-order valence-electron chi connectivity index (χ4n) is 3.07. The molecule has 1 atom stereocenters. The van der Waals surface area contributed by atoms with E-state index in [1.807, 2.05) is 18.2 Å². The molecule has 0 bridgehead atoms. The Labute approximate surface area is 130 Å². The van der Waals surface area contributed by atoms with Gasteiger partial charge in [0.05, 0.1) is 5.69 Å². The van der Waals surface area contributed by atoms with Crippen LogP contribution < -0.4 is 15.4 Å². The molecular weight excluding hydrogens is 280 g/mol. The molecule has 118 valence electrons. The lowest BCUT2D eigenvalue weighted by Crippen LogP contribution is -2.34. The number of hydrogen-bond acceptors (Lipinski definition) is 3. The van der Waals surface area contributed by atoms with Gasteiger partial charge in [-0.15, -0.1) is 0 Å². The van der Waals surface area contributed by atoms with Crippen molar-refractivity contribution in [3.05, 3.63) is 23.8 Å². The van der Waals surface area contributed by atoms with E-state index in [0.717, 1.165) is 24.8 Å². The fraction of sp³-hybridized carbons (Fsp3) is 0.529. The van der Waals surface area contributed by atoms with Gasteiger partial charge in [0.1, 0.15) is 5.75 Å². The monoisotopic (exact) mass is 302 g/mol. The quantitative estimate of drug-likeness (QED) is 0.896. The van der Waals surface area contributed by atoms with E-state index < -0.39 is 6.10 Å². The van der Waals surface area contributed by atoms with Gasteiger partial charge in [-0.05, 0) is 43.9 Å². The lowest BCUT2D eigenvalue weighted by Gasteiger charge is -2.23. The molecule has 22 heavy (non-hydrogen) atoms. The number of fused-ring (bicyclic) bond motifs is 1. The van der Waals surface area contributed by atoms with Crippen LogP contribution in [0, 0.1) is 5.92 Å². The number of hydrogen-bond donors (Lipinski definition) is 2. The van der Waals surface area contributed by atoms with Crippen molar-refractivity contribution in [2.75, 3.05) is 11.9 Å². The minimum absolute atomic E-state index is 0.126. The average molecular weight is 302 g/mol. The van der Waals surface area contributed by atoms with Crippen LogP contribution in [0.4, 0.5) is 5.69 Å². The van der Waals surface area contributed by atoms with Crippen molar-refractivity contribution < 1.29 is 14.3 Å². The number of carbonyl (C=O) groups excluding carboxylic acids is 2. The largest absolute Gasteiger partial charge is 0.479 e. The maximum Gasteiger partial charge on any atom is 0.265 e. The smallest absolute Gasteiger partial charge is 0.265 e. The molecule has 1 aromatic carbocycles. The molecule has 1 unspecified atom stereocenters. The number of rotatable bonds is 4. The first kappa shape index (κ1) is 14.9. The van der Waals surface area contributed by atoms with Gasteiger partial charge in [0.15, 0.2) is 6.10 Å². The third-order valence-corrected chi connectivity index (χ3v) is 4.41. The summed E-state index contributed by atoms with van der Waals surface area (Å²) in [6, 6.07) is 5.77. The van der Waals surface area contributed by atoms with Crippen LogP contribution in [0.15, 0.2) is 18.2 Å². The van der Waals surface area contributed by atoms with Crippen LogP contribution in [0.3, 0.4) is 0 Å². The molecule has 5 heteroatoms. The summed E-state index contributed by atoms with van der Waals surface area (Å²) in [5.41, 5.74) is 1.78. The Morgan fingerprint density at radius 1 is 1.36 bits per heavy atom. The van der Waals surface area contributed by atoms with E-state index in [-0.39, 0.29) is 17.7 Å². The standard InChI is InChI=1S/C17H22N2O3/c1-11-16(20)19-14-10-12(6-7-15(14)22-11)8-9-18-17(21)13-4-2-3-5-13/h6-7,10-11,13H,2-5,8-9H2,1H3,(H,18,21)(H,19,20). The molecule has 1 aliphatic carbocycles. The van der Waals surface area contributed by atoms with Crippen LogP contribution in [0.1, 0.15) is 38.2 Å². The van der Waals surface area contributed by atoms with Crippen LogP contribution in [0.25, 0.3) is 0 Å². The van der Waals surface area contributed by atoms with Gasteiger partial charge in [0.2, 0.25) is 5.91 Å². The number of nitrogens with one attached hydrogen (secondary N) is 2. The Morgan fingerprint density at radius 2 is 2.14 bits per heavy atom. The van der Waals surface area contributed by atoms with Crippen molar-refractivity contribution in [3.8, 4) is 5.75 Å². The van der Waals surface area contributed by atoms with E-state index in [1.54, 1.807) is 6.92 Å². The predicted molar refractivity (Wildman–Crippen MR) is 83.8 cm³/mol. The second-order valence-electron chi connectivity index (χ2n) is 6.10. The summed E-state index contributed by atoms with van der Waals surface area (Å²) >= 11 is 0. The SMILES string of the molecule is CC1Oc2ccc(CCNC(=O)C3CCCC3)cc2NC1=O. The van der Waals surface area contributed by atoms with Crippen molar-refractivity contribution in [2.24, 2.45) is 5.92 Å². The molecule has 1 aromatic rings. The van der Waals surface area contributed by atoms with Gasteiger partial charge in [-0.1, -0.05) is 18.9 Å². The molecular formula is C17H22N2O3. The van der Waals surface area contributed by atoms with Gasteiger partial charge < -0.3 is 15.4 Å². The van der Waals surface area contributed by atoms with E-state index in [1.165, 1.54) is 12.8 Å². The molecule has 0 radical (unpaired) electrons. The summed E-state index contributed by atoms with van der Waals surface area (Å²) in [5, 5.41) is 5.85. The molecule has 5 nitrogen and oxygen atoms in total. The first-order chi connectivity index (χ1) is 10.6. The first-order valence-electron chi connectivity index (χ1n) is 8.01. The minimum atomic E-state index is -0.455. The van der Waals surface area contributed by atoms with E-state index in [0.29, 0.717) is 18.0 Å². The summed E-state index contributed by atoms with van der Waals surface area (Å²) in [7, 11) is 0. The van der Waals surface area contributed by atoms with Gasteiger partial charge in [0, 0.05) is 12.5 Å². The normalized spacial score (nSPS) is 21.0. The van der Waals surface area contributed by atoms with Gasteiger partial charge >= 0.3 is 0 Å². The lowest BCUT2D eigenvalue weighted by molar-refractivity contribution is -0.124. The molecule has 0 saturated heterocycles. The highest BCUT2D eigenvalue weighted by Crippen LogP contribution is 2.30. The van der Waals surface area contributed by atoms with E-state index in [2.05, 4.69) is 10.6 Å². The summed E-state index contributed by atoms with van der Waals surface area (Å²) < 4.78 is 5.53. The molecule has 1 fully saturated rings. The maximum atomic E-state index is 12.0. The molecule has 2 amide bonds. The summed E-state index contributed by atoms with van der Waals surface area (Å²) in [6.07, 6.45) is 4.67. The summed E-state index contributed by atoms with van der Waals surface area (Å²) in [4.78, 5) is 23.6. The zero-order chi connectivity index (χ0) is 15.5. The molecule has 0 aromatic heterocycles. The van der Waals surface area contributed by atoms with E-state index in [4.69, 9.17) is 4.74 Å². The third-order valence-electron chi connectivity index (χ3n) is 4.41. The molecule has 1 saturated carbocycles. The highest BCUT2D eigenvalue weighted by atomic mass is 16.5. The van der Waals surface area contributed by atoms with Crippen molar-refractivity contribution in [2.45, 2.75) is 45.1 Å². The lowest BCUT2D eigenvalue weighted by atomic mass is 10.1. The Morgan fingerprint density at radius 3 is 2.91 bits per heavy atom. The van der Waals surface area contributed by atoms with Crippen LogP contribution in [-0.4, -0.2) is 24.5 Å². The molecule has 1 heterocycles. The van der Waals surface area contributed by atoms with Crippen LogP contribution in [-0.2, 0) is 16.0 Å². The second-order valence-corrected chi connectivity index (χ2v) is 6.10. The predicted octanol–water partition coefficient (Wildman–Crippen LogP) is 2.25. The van der Waals surface area contributed by atoms with Crippen molar-refractivity contribution >= 4 is 17.5 Å². The zero-order valence-corrected chi connectivity index (χ0v) is 12.9. The first-order valence-corrected chi connectivity index (χ1v) is 8.01. The molecule has 3 rings (SSSR count). The number of carbonyl (C=O) groups is 2. The van der Waals surface area contributed by atoms with Gasteiger partial charge in [0.25, 0.3) is 5.91 Å². The van der Waals surface area contributed by atoms with Gasteiger partial charge in [-0.2, -0.15) is 0 Å². The number of amides is 2. The van der Waals surface area contributed by atoms with Crippen molar-refractivity contribution in [1.82, 2.24) is 5.32 Å². The Kier molecular flexibility index (Phi) is 4.32. The zero-order valence-electron chi connectivity index (χ0n) is 12.9. The van der Waals surface area contributed by atoms with Crippen molar-refractivity contribution in [3.63, 3.8) is 0 Å². The number of anilines is 1. The topological polar surface area (TPSA) is 67.4 Å². The summed E-state index contributed by atoms with van der Waals surface area (Å²) in [5.74, 6) is 0.962.